The second-order valence-electron chi connectivity index (χ2n) is 7.50. The van der Waals surface area contributed by atoms with Crippen LogP contribution in [0.5, 0.6) is 5.75 Å². The Labute approximate surface area is 168 Å². The van der Waals surface area contributed by atoms with Crippen LogP contribution in [-0.4, -0.2) is 36.0 Å². The Balaban J connectivity index is 1.33. The number of aryl methyl sites for hydroxylation is 1. The number of carbonyl (C=O) groups is 1. The van der Waals surface area contributed by atoms with Crippen LogP contribution in [-0.2, 0) is 0 Å². The van der Waals surface area contributed by atoms with Gasteiger partial charge >= 0.3 is 0 Å². The number of carbonyl (C=O) groups excluding carboxylic acids is 1. The van der Waals surface area contributed by atoms with Crippen molar-refractivity contribution in [2.45, 2.75) is 25.7 Å². The maximum atomic E-state index is 13.1. The van der Waals surface area contributed by atoms with Gasteiger partial charge in [0, 0.05) is 30.0 Å². The predicted molar refractivity (Wildman–Crippen MR) is 109 cm³/mol. The molecular formula is C23H22N2O4. The number of piperidine rings is 1. The summed E-state index contributed by atoms with van der Waals surface area (Å²) in [5.41, 5.74) is 3.25. The highest BCUT2D eigenvalue weighted by molar-refractivity contribution is 5.99. The van der Waals surface area contributed by atoms with Crippen LogP contribution < -0.4 is 4.74 Å². The van der Waals surface area contributed by atoms with E-state index in [0.29, 0.717) is 24.4 Å². The summed E-state index contributed by atoms with van der Waals surface area (Å²) in [5.74, 6) is 2.10. The molecule has 4 aromatic rings. The molecule has 1 aliphatic rings. The van der Waals surface area contributed by atoms with Crippen molar-refractivity contribution >= 4 is 28.0 Å². The van der Waals surface area contributed by atoms with Gasteiger partial charge in [0.1, 0.15) is 16.8 Å². The van der Waals surface area contributed by atoms with Crippen LogP contribution in [0.15, 0.2) is 51.3 Å². The zero-order chi connectivity index (χ0) is 20.0. The summed E-state index contributed by atoms with van der Waals surface area (Å²) >= 11 is 0. The molecule has 6 heteroatoms. The van der Waals surface area contributed by atoms with Crippen molar-refractivity contribution in [2.75, 3.05) is 20.2 Å². The third-order valence-corrected chi connectivity index (χ3v) is 5.78. The second kappa shape index (κ2) is 6.95. The number of benzene rings is 2. The summed E-state index contributed by atoms with van der Waals surface area (Å²) < 4.78 is 17.1. The van der Waals surface area contributed by atoms with Gasteiger partial charge in [0.2, 0.25) is 0 Å². The highest BCUT2D eigenvalue weighted by Crippen LogP contribution is 2.33. The molecule has 0 atom stereocenters. The molecule has 29 heavy (non-hydrogen) atoms. The molecule has 6 nitrogen and oxygen atoms in total. The Bertz CT molecular complexity index is 1170. The third-order valence-electron chi connectivity index (χ3n) is 5.78. The van der Waals surface area contributed by atoms with Gasteiger partial charge in [-0.2, -0.15) is 0 Å². The van der Waals surface area contributed by atoms with E-state index in [2.05, 4.69) is 4.98 Å². The number of methoxy groups -OCH3 is 1. The standard InChI is InChI=1S/C23H22N2O4/c1-14-17-13-16(27-2)7-8-19(17)28-21(14)23(26)25-11-9-15(10-12-25)22-24-18-5-3-4-6-20(18)29-22/h3-8,13,15H,9-12H2,1-2H3. The van der Waals surface area contributed by atoms with Gasteiger partial charge in [-0.15, -0.1) is 0 Å². The van der Waals surface area contributed by atoms with Crippen molar-refractivity contribution in [3.05, 3.63) is 59.7 Å². The quantitative estimate of drug-likeness (QED) is 0.497. The van der Waals surface area contributed by atoms with Crippen molar-refractivity contribution in [3.8, 4) is 5.75 Å². The number of para-hydroxylation sites is 2. The summed E-state index contributed by atoms with van der Waals surface area (Å²) in [5, 5.41) is 0.911. The fraction of sp³-hybridized carbons (Fsp3) is 0.304. The Morgan fingerprint density at radius 3 is 2.66 bits per heavy atom. The lowest BCUT2D eigenvalue weighted by Crippen LogP contribution is -2.38. The van der Waals surface area contributed by atoms with E-state index in [-0.39, 0.29) is 11.8 Å². The van der Waals surface area contributed by atoms with Gasteiger partial charge in [0.05, 0.1) is 7.11 Å². The molecule has 1 aliphatic heterocycles. The van der Waals surface area contributed by atoms with Gasteiger partial charge < -0.3 is 18.5 Å². The number of fused-ring (bicyclic) bond motifs is 2. The minimum absolute atomic E-state index is 0.0614. The average molecular weight is 390 g/mol. The molecule has 148 valence electrons. The van der Waals surface area contributed by atoms with Gasteiger partial charge in [0.15, 0.2) is 17.2 Å². The van der Waals surface area contributed by atoms with Gasteiger partial charge in [-0.3, -0.25) is 4.79 Å². The smallest absolute Gasteiger partial charge is 0.289 e. The fourth-order valence-corrected chi connectivity index (χ4v) is 4.07. The van der Waals surface area contributed by atoms with Crippen LogP contribution in [0.25, 0.3) is 22.1 Å². The highest BCUT2D eigenvalue weighted by Gasteiger charge is 2.30. The van der Waals surface area contributed by atoms with Gasteiger partial charge in [-0.05, 0) is 50.1 Å². The number of hydrogen-bond acceptors (Lipinski definition) is 5. The van der Waals surface area contributed by atoms with Crippen molar-refractivity contribution in [3.63, 3.8) is 0 Å². The van der Waals surface area contributed by atoms with Crippen LogP contribution in [0, 0.1) is 6.92 Å². The fourth-order valence-electron chi connectivity index (χ4n) is 4.07. The zero-order valence-corrected chi connectivity index (χ0v) is 16.5. The molecule has 2 aromatic heterocycles. The summed E-state index contributed by atoms with van der Waals surface area (Å²) in [7, 11) is 1.63. The SMILES string of the molecule is COc1ccc2oc(C(=O)N3CCC(c4nc5ccccc5o4)CC3)c(C)c2c1. The topological polar surface area (TPSA) is 68.7 Å². The Morgan fingerprint density at radius 2 is 1.90 bits per heavy atom. The number of ether oxygens (including phenoxy) is 1. The first kappa shape index (κ1) is 17.8. The lowest BCUT2D eigenvalue weighted by atomic mass is 9.96. The normalized spacial score (nSPS) is 15.3. The summed E-state index contributed by atoms with van der Waals surface area (Å²) in [6, 6.07) is 13.4. The molecular weight excluding hydrogens is 368 g/mol. The van der Waals surface area contributed by atoms with E-state index in [1.54, 1.807) is 7.11 Å². The van der Waals surface area contributed by atoms with E-state index in [0.717, 1.165) is 46.5 Å². The van der Waals surface area contributed by atoms with Crippen molar-refractivity contribution < 1.29 is 18.4 Å². The molecule has 5 rings (SSSR count). The number of furan rings is 1. The maximum Gasteiger partial charge on any atom is 0.289 e. The van der Waals surface area contributed by atoms with Crippen LogP contribution >= 0.6 is 0 Å². The third kappa shape index (κ3) is 3.05. The first-order valence-electron chi connectivity index (χ1n) is 9.86. The first-order chi connectivity index (χ1) is 14.1. The Morgan fingerprint density at radius 1 is 1.10 bits per heavy atom. The Kier molecular flexibility index (Phi) is 4.27. The maximum absolute atomic E-state index is 13.1. The number of amides is 1. The van der Waals surface area contributed by atoms with Crippen LogP contribution in [0.2, 0.25) is 0 Å². The molecule has 1 fully saturated rings. The molecule has 0 N–H and O–H groups in total. The van der Waals surface area contributed by atoms with E-state index in [1.165, 1.54) is 0 Å². The number of aromatic nitrogens is 1. The minimum Gasteiger partial charge on any atom is -0.497 e. The average Bonchev–Trinajstić information content (AvgIpc) is 3.34. The van der Waals surface area contributed by atoms with E-state index in [1.807, 2.05) is 54.3 Å². The first-order valence-corrected chi connectivity index (χ1v) is 9.86. The van der Waals surface area contributed by atoms with Crippen LogP contribution in [0.4, 0.5) is 0 Å². The number of rotatable bonds is 3. The van der Waals surface area contributed by atoms with E-state index in [9.17, 15) is 4.79 Å². The van der Waals surface area contributed by atoms with Crippen LogP contribution in [0.3, 0.4) is 0 Å². The second-order valence-corrected chi connectivity index (χ2v) is 7.50. The number of likely N-dealkylation sites (tertiary alicyclic amines) is 1. The van der Waals surface area contributed by atoms with Gasteiger partial charge in [0.25, 0.3) is 5.91 Å². The Hall–Kier alpha value is -3.28. The molecule has 1 amide bonds. The van der Waals surface area contributed by atoms with Crippen molar-refractivity contribution in [1.29, 1.82) is 0 Å². The van der Waals surface area contributed by atoms with Crippen LogP contribution in [0.1, 0.15) is 40.8 Å². The predicted octanol–water partition coefficient (Wildman–Crippen LogP) is 4.91. The zero-order valence-electron chi connectivity index (χ0n) is 16.5. The summed E-state index contributed by atoms with van der Waals surface area (Å²) in [6.45, 7) is 3.23. The minimum atomic E-state index is -0.0614. The molecule has 3 heterocycles. The molecule has 0 unspecified atom stereocenters. The van der Waals surface area contributed by atoms with Crippen molar-refractivity contribution in [2.24, 2.45) is 0 Å². The van der Waals surface area contributed by atoms with E-state index >= 15 is 0 Å². The molecule has 1 saturated heterocycles. The molecule has 0 radical (unpaired) electrons. The molecule has 0 saturated carbocycles. The van der Waals surface area contributed by atoms with Crippen molar-refractivity contribution in [1.82, 2.24) is 9.88 Å². The lowest BCUT2D eigenvalue weighted by Gasteiger charge is -2.30. The molecule has 2 aromatic carbocycles. The summed E-state index contributed by atoms with van der Waals surface area (Å²) in [6.07, 6.45) is 1.65. The lowest BCUT2D eigenvalue weighted by molar-refractivity contribution is 0.0676. The number of oxazole rings is 1. The highest BCUT2D eigenvalue weighted by atomic mass is 16.5. The van der Waals surface area contributed by atoms with E-state index < -0.39 is 0 Å². The monoisotopic (exact) mass is 390 g/mol. The molecule has 0 spiro atoms. The summed E-state index contributed by atoms with van der Waals surface area (Å²) in [4.78, 5) is 19.6. The van der Waals surface area contributed by atoms with Gasteiger partial charge in [-0.1, -0.05) is 12.1 Å². The van der Waals surface area contributed by atoms with E-state index in [4.69, 9.17) is 13.6 Å². The largest absolute Gasteiger partial charge is 0.497 e. The molecule has 0 aliphatic carbocycles. The number of hydrogen-bond donors (Lipinski definition) is 0. The molecule has 0 bridgehead atoms. The number of nitrogens with zero attached hydrogens (tertiary/aromatic N) is 2. The van der Waals surface area contributed by atoms with Gasteiger partial charge in [-0.25, -0.2) is 4.98 Å².